The van der Waals surface area contributed by atoms with Crippen molar-refractivity contribution in [2.75, 3.05) is 31.7 Å². The first kappa shape index (κ1) is 13.5. The van der Waals surface area contributed by atoms with Gasteiger partial charge in [0.05, 0.1) is 23.6 Å². The van der Waals surface area contributed by atoms with E-state index < -0.39 is 0 Å². The van der Waals surface area contributed by atoms with Crippen molar-refractivity contribution in [3.8, 4) is 6.07 Å². The molecule has 0 radical (unpaired) electrons. The van der Waals surface area contributed by atoms with E-state index in [0.717, 1.165) is 23.6 Å². The predicted octanol–water partition coefficient (Wildman–Crippen LogP) is 2.04. The summed E-state index contributed by atoms with van der Waals surface area (Å²) in [5.74, 6) is 0. The van der Waals surface area contributed by atoms with Crippen LogP contribution in [0.3, 0.4) is 0 Å². The first-order valence-corrected chi connectivity index (χ1v) is 5.77. The number of aromatic nitrogens is 1. The minimum absolute atomic E-state index is 0.648. The fourth-order valence-corrected chi connectivity index (χ4v) is 1.71. The molecule has 0 aromatic carbocycles. The molecular formula is C13H19N3O. The van der Waals surface area contributed by atoms with Crippen molar-refractivity contribution in [3.05, 3.63) is 23.0 Å². The molecule has 1 aromatic rings. The van der Waals surface area contributed by atoms with Gasteiger partial charge in [0.15, 0.2) is 0 Å². The number of rotatable bonds is 5. The highest BCUT2D eigenvalue weighted by atomic mass is 16.5. The molecule has 1 heterocycles. The Morgan fingerprint density at radius 3 is 2.76 bits per heavy atom. The van der Waals surface area contributed by atoms with E-state index in [1.54, 1.807) is 0 Å². The number of anilines is 1. The maximum absolute atomic E-state index is 9.16. The summed E-state index contributed by atoms with van der Waals surface area (Å²) >= 11 is 0. The van der Waals surface area contributed by atoms with Crippen LogP contribution in [0.2, 0.25) is 0 Å². The van der Waals surface area contributed by atoms with Crippen LogP contribution in [0.25, 0.3) is 0 Å². The Balaban J connectivity index is 2.92. The van der Waals surface area contributed by atoms with Gasteiger partial charge in [-0.2, -0.15) is 5.26 Å². The van der Waals surface area contributed by atoms with Gasteiger partial charge in [0, 0.05) is 25.9 Å². The second kappa shape index (κ2) is 6.21. The molecule has 0 atom stereocenters. The zero-order valence-corrected chi connectivity index (χ0v) is 10.9. The lowest BCUT2D eigenvalue weighted by molar-refractivity contribution is 0.154. The van der Waals surface area contributed by atoms with Crippen LogP contribution in [0, 0.1) is 25.2 Å². The van der Waals surface area contributed by atoms with E-state index in [1.165, 1.54) is 0 Å². The van der Waals surface area contributed by atoms with Crippen molar-refractivity contribution in [2.45, 2.75) is 20.8 Å². The molecule has 0 saturated heterocycles. The molecule has 0 unspecified atom stereocenters. The van der Waals surface area contributed by atoms with Crippen LogP contribution in [0.1, 0.15) is 23.9 Å². The van der Waals surface area contributed by atoms with Gasteiger partial charge in [0.2, 0.25) is 0 Å². The van der Waals surface area contributed by atoms with E-state index in [2.05, 4.69) is 11.1 Å². The van der Waals surface area contributed by atoms with E-state index >= 15 is 0 Å². The van der Waals surface area contributed by atoms with Gasteiger partial charge < -0.3 is 9.64 Å². The van der Waals surface area contributed by atoms with E-state index in [4.69, 9.17) is 10.00 Å². The third-order valence-electron chi connectivity index (χ3n) is 2.61. The van der Waals surface area contributed by atoms with Crippen LogP contribution < -0.4 is 4.90 Å². The lowest BCUT2D eigenvalue weighted by Gasteiger charge is -2.21. The average Bonchev–Trinajstić information content (AvgIpc) is 2.28. The SMILES string of the molecule is CCOCCN(C)c1cc(C)nc(C)c1C#N. The monoisotopic (exact) mass is 233 g/mol. The maximum atomic E-state index is 9.16. The van der Waals surface area contributed by atoms with Crippen LogP contribution in [0.5, 0.6) is 0 Å². The van der Waals surface area contributed by atoms with Gasteiger partial charge in [-0.3, -0.25) is 4.98 Å². The first-order valence-electron chi connectivity index (χ1n) is 5.77. The fourth-order valence-electron chi connectivity index (χ4n) is 1.71. The lowest BCUT2D eigenvalue weighted by atomic mass is 10.1. The zero-order valence-electron chi connectivity index (χ0n) is 10.9. The highest BCUT2D eigenvalue weighted by Gasteiger charge is 2.11. The van der Waals surface area contributed by atoms with Crippen molar-refractivity contribution < 1.29 is 4.74 Å². The largest absolute Gasteiger partial charge is 0.380 e. The van der Waals surface area contributed by atoms with Crippen LogP contribution in [-0.4, -0.2) is 31.8 Å². The molecule has 1 rings (SSSR count). The third kappa shape index (κ3) is 3.43. The van der Waals surface area contributed by atoms with E-state index in [0.29, 0.717) is 18.8 Å². The smallest absolute Gasteiger partial charge is 0.103 e. The molecule has 1 aromatic heterocycles. The summed E-state index contributed by atoms with van der Waals surface area (Å²) in [4.78, 5) is 6.34. The number of pyridine rings is 1. The molecule has 0 aliphatic heterocycles. The highest BCUT2D eigenvalue weighted by molar-refractivity contribution is 5.61. The molecular weight excluding hydrogens is 214 g/mol. The number of ether oxygens (including phenoxy) is 1. The Morgan fingerprint density at radius 2 is 2.18 bits per heavy atom. The molecule has 17 heavy (non-hydrogen) atoms. The Hall–Kier alpha value is -1.60. The zero-order chi connectivity index (χ0) is 12.8. The molecule has 0 N–H and O–H groups in total. The molecule has 0 amide bonds. The standard InChI is InChI=1S/C13H19N3O/c1-5-17-7-6-16(4)13-8-10(2)15-11(3)12(13)9-14/h8H,5-7H2,1-4H3. The minimum Gasteiger partial charge on any atom is -0.380 e. The summed E-state index contributed by atoms with van der Waals surface area (Å²) < 4.78 is 5.32. The summed E-state index contributed by atoms with van der Waals surface area (Å²) in [7, 11) is 1.97. The van der Waals surface area contributed by atoms with Gasteiger partial charge in [0.25, 0.3) is 0 Å². The Kier molecular flexibility index (Phi) is 4.92. The number of nitriles is 1. The van der Waals surface area contributed by atoms with Gasteiger partial charge in [-0.25, -0.2) is 0 Å². The Morgan fingerprint density at radius 1 is 1.47 bits per heavy atom. The summed E-state index contributed by atoms with van der Waals surface area (Å²) in [6.07, 6.45) is 0. The second-order valence-corrected chi connectivity index (χ2v) is 3.97. The van der Waals surface area contributed by atoms with E-state index in [-0.39, 0.29) is 0 Å². The summed E-state index contributed by atoms with van der Waals surface area (Å²) in [5, 5.41) is 9.16. The van der Waals surface area contributed by atoms with Crippen molar-refractivity contribution >= 4 is 5.69 Å². The molecule has 92 valence electrons. The van der Waals surface area contributed by atoms with Crippen molar-refractivity contribution in [1.29, 1.82) is 5.26 Å². The van der Waals surface area contributed by atoms with Gasteiger partial charge in [-0.05, 0) is 26.8 Å². The van der Waals surface area contributed by atoms with Crippen molar-refractivity contribution in [2.24, 2.45) is 0 Å². The van der Waals surface area contributed by atoms with Crippen LogP contribution in [-0.2, 0) is 4.74 Å². The van der Waals surface area contributed by atoms with Crippen molar-refractivity contribution in [1.82, 2.24) is 4.98 Å². The number of nitrogens with zero attached hydrogens (tertiary/aromatic N) is 3. The third-order valence-corrected chi connectivity index (χ3v) is 2.61. The Bertz CT molecular complexity index is 423. The molecule has 0 saturated carbocycles. The molecule has 0 aliphatic carbocycles. The molecule has 4 heteroatoms. The van der Waals surface area contributed by atoms with Gasteiger partial charge in [0.1, 0.15) is 6.07 Å². The molecule has 4 nitrogen and oxygen atoms in total. The number of hydrogen-bond acceptors (Lipinski definition) is 4. The Labute approximate surface area is 103 Å². The summed E-state index contributed by atoms with van der Waals surface area (Å²) in [6.45, 7) is 7.93. The van der Waals surface area contributed by atoms with Gasteiger partial charge in [-0.1, -0.05) is 0 Å². The average molecular weight is 233 g/mol. The molecule has 0 aliphatic rings. The van der Waals surface area contributed by atoms with E-state index in [1.807, 2.05) is 38.8 Å². The predicted molar refractivity (Wildman–Crippen MR) is 68.2 cm³/mol. The van der Waals surface area contributed by atoms with Crippen LogP contribution in [0.15, 0.2) is 6.07 Å². The number of aryl methyl sites for hydroxylation is 2. The highest BCUT2D eigenvalue weighted by Crippen LogP contribution is 2.21. The lowest BCUT2D eigenvalue weighted by Crippen LogP contribution is -2.24. The number of likely N-dealkylation sites (N-methyl/N-ethyl adjacent to an activating group) is 1. The molecule has 0 bridgehead atoms. The molecule has 0 spiro atoms. The summed E-state index contributed by atoms with van der Waals surface area (Å²) in [5.41, 5.74) is 3.29. The van der Waals surface area contributed by atoms with Gasteiger partial charge >= 0.3 is 0 Å². The quantitative estimate of drug-likeness (QED) is 0.730. The van der Waals surface area contributed by atoms with Crippen LogP contribution >= 0.6 is 0 Å². The second-order valence-electron chi connectivity index (χ2n) is 3.97. The van der Waals surface area contributed by atoms with Gasteiger partial charge in [-0.15, -0.1) is 0 Å². The maximum Gasteiger partial charge on any atom is 0.103 e. The van der Waals surface area contributed by atoms with Crippen LogP contribution in [0.4, 0.5) is 5.69 Å². The van der Waals surface area contributed by atoms with E-state index in [9.17, 15) is 0 Å². The first-order chi connectivity index (χ1) is 8.10. The topological polar surface area (TPSA) is 49.1 Å². The minimum atomic E-state index is 0.648. The normalized spacial score (nSPS) is 10.1. The summed E-state index contributed by atoms with van der Waals surface area (Å²) in [6, 6.07) is 4.16. The fraction of sp³-hybridized carbons (Fsp3) is 0.538. The molecule has 0 fully saturated rings. The van der Waals surface area contributed by atoms with Crippen molar-refractivity contribution in [3.63, 3.8) is 0 Å². The number of hydrogen-bond donors (Lipinski definition) is 0.